The predicted molar refractivity (Wildman–Crippen MR) is 180 cm³/mol. The average Bonchev–Trinajstić information content (AvgIpc) is 3.68. The number of hydrogen-bond acceptors (Lipinski definition) is 6. The molecule has 44 heavy (non-hydrogen) atoms. The molecule has 0 saturated heterocycles. The Bertz CT molecular complexity index is 2440. The van der Waals surface area contributed by atoms with Crippen molar-refractivity contribution in [2.75, 3.05) is 0 Å². The Morgan fingerprint density at radius 1 is 0.477 bits per heavy atom. The van der Waals surface area contributed by atoms with E-state index in [2.05, 4.69) is 60.7 Å². The first-order chi connectivity index (χ1) is 21.8. The van der Waals surface area contributed by atoms with Crippen LogP contribution in [0.15, 0.2) is 138 Å². The Kier molecular flexibility index (Phi) is 5.61. The second kappa shape index (κ2) is 9.93. The summed E-state index contributed by atoms with van der Waals surface area (Å²) in [5, 5.41) is 5.37. The average molecular weight is 583 g/mol. The van der Waals surface area contributed by atoms with Gasteiger partial charge in [-0.1, -0.05) is 109 Å². The summed E-state index contributed by atoms with van der Waals surface area (Å²) in [7, 11) is 0. The molecule has 0 saturated carbocycles. The minimum atomic E-state index is 0.598. The molecule has 0 spiro atoms. The van der Waals surface area contributed by atoms with Crippen LogP contribution in [-0.4, -0.2) is 19.9 Å². The summed E-state index contributed by atoms with van der Waals surface area (Å²) in [6, 6.07) is 45.3. The molecule has 0 N–H and O–H groups in total. The molecule has 0 amide bonds. The smallest absolute Gasteiger partial charge is 0.164 e. The SMILES string of the molecule is c1ccc(-c2nc(-c3ccccc3)nc(-c3cccc4oc5cc6sc(-c7ccc8ccccc8c7)nc6cc5c34)n2)cc1. The lowest BCUT2D eigenvalue weighted by molar-refractivity contribution is 0.669. The van der Waals surface area contributed by atoms with Crippen molar-refractivity contribution in [3.63, 3.8) is 0 Å². The van der Waals surface area contributed by atoms with E-state index in [1.807, 2.05) is 72.8 Å². The van der Waals surface area contributed by atoms with Crippen LogP contribution in [0.2, 0.25) is 0 Å². The second-order valence-electron chi connectivity index (χ2n) is 10.7. The van der Waals surface area contributed by atoms with Crippen molar-refractivity contribution < 1.29 is 4.42 Å². The highest BCUT2D eigenvalue weighted by Gasteiger charge is 2.19. The zero-order valence-electron chi connectivity index (χ0n) is 23.3. The summed E-state index contributed by atoms with van der Waals surface area (Å²) in [6.07, 6.45) is 0. The fourth-order valence-electron chi connectivity index (χ4n) is 5.81. The highest BCUT2D eigenvalue weighted by atomic mass is 32.1. The van der Waals surface area contributed by atoms with Crippen molar-refractivity contribution in [2.45, 2.75) is 0 Å². The number of thiazole rings is 1. The van der Waals surface area contributed by atoms with Crippen LogP contribution in [0.4, 0.5) is 0 Å². The largest absolute Gasteiger partial charge is 0.456 e. The third-order valence-electron chi connectivity index (χ3n) is 7.94. The van der Waals surface area contributed by atoms with E-state index < -0.39 is 0 Å². The van der Waals surface area contributed by atoms with Crippen LogP contribution < -0.4 is 0 Å². The second-order valence-corrected chi connectivity index (χ2v) is 11.7. The summed E-state index contributed by atoms with van der Waals surface area (Å²) < 4.78 is 7.52. The van der Waals surface area contributed by atoms with Crippen LogP contribution in [0.3, 0.4) is 0 Å². The van der Waals surface area contributed by atoms with E-state index in [1.165, 1.54) is 10.8 Å². The number of nitrogens with zero attached hydrogens (tertiary/aromatic N) is 4. The van der Waals surface area contributed by atoms with Gasteiger partial charge in [-0.25, -0.2) is 19.9 Å². The monoisotopic (exact) mass is 582 g/mol. The van der Waals surface area contributed by atoms with E-state index in [1.54, 1.807) is 11.3 Å². The maximum Gasteiger partial charge on any atom is 0.164 e. The van der Waals surface area contributed by atoms with Gasteiger partial charge in [0.05, 0.1) is 10.2 Å². The molecule has 0 aliphatic heterocycles. The van der Waals surface area contributed by atoms with E-state index in [0.717, 1.165) is 59.4 Å². The minimum Gasteiger partial charge on any atom is -0.456 e. The molecule has 206 valence electrons. The summed E-state index contributed by atoms with van der Waals surface area (Å²) in [6.45, 7) is 0. The van der Waals surface area contributed by atoms with Crippen LogP contribution in [0.1, 0.15) is 0 Å². The minimum absolute atomic E-state index is 0.598. The third kappa shape index (κ3) is 4.15. The van der Waals surface area contributed by atoms with E-state index >= 15 is 0 Å². The highest BCUT2D eigenvalue weighted by Crippen LogP contribution is 2.40. The summed E-state index contributed by atoms with van der Waals surface area (Å²) in [5.41, 5.74) is 6.41. The Hall–Kier alpha value is -5.72. The van der Waals surface area contributed by atoms with Crippen LogP contribution >= 0.6 is 11.3 Å². The van der Waals surface area contributed by atoms with Gasteiger partial charge in [-0.3, -0.25) is 0 Å². The van der Waals surface area contributed by atoms with Gasteiger partial charge in [-0.2, -0.15) is 0 Å². The number of fused-ring (bicyclic) bond motifs is 5. The standard InChI is InChI=1S/C38H22N4OS/c1-3-11-24(12-4-1)35-40-36(25-13-5-2-6-14-25)42-37(41-35)28-16-9-17-31-34(28)29-21-30-33(22-32(29)43-31)44-38(39-30)27-19-18-23-10-7-8-15-26(23)20-27/h1-22H. The lowest BCUT2D eigenvalue weighted by Gasteiger charge is -2.09. The number of furan rings is 1. The summed E-state index contributed by atoms with van der Waals surface area (Å²) in [4.78, 5) is 19.9. The maximum atomic E-state index is 6.43. The van der Waals surface area contributed by atoms with Crippen LogP contribution in [0, 0.1) is 0 Å². The van der Waals surface area contributed by atoms with Crippen LogP contribution in [0.5, 0.6) is 0 Å². The lowest BCUT2D eigenvalue weighted by atomic mass is 10.0. The summed E-state index contributed by atoms with van der Waals surface area (Å²) in [5.74, 6) is 1.85. The van der Waals surface area contributed by atoms with Crippen molar-refractivity contribution in [2.24, 2.45) is 0 Å². The van der Waals surface area contributed by atoms with Gasteiger partial charge in [-0.15, -0.1) is 11.3 Å². The predicted octanol–water partition coefficient (Wildman–Crippen LogP) is 10.2. The third-order valence-corrected chi connectivity index (χ3v) is 9.01. The molecule has 0 atom stereocenters. The van der Waals surface area contributed by atoms with Gasteiger partial charge in [0.1, 0.15) is 16.2 Å². The van der Waals surface area contributed by atoms with Gasteiger partial charge in [0.15, 0.2) is 17.5 Å². The normalized spacial score (nSPS) is 11.6. The van der Waals surface area contributed by atoms with Crippen molar-refractivity contribution in [1.82, 2.24) is 19.9 Å². The lowest BCUT2D eigenvalue weighted by Crippen LogP contribution is -2.00. The zero-order chi connectivity index (χ0) is 29.0. The molecular weight excluding hydrogens is 561 g/mol. The molecule has 0 radical (unpaired) electrons. The first kappa shape index (κ1) is 24.8. The molecule has 0 aliphatic carbocycles. The maximum absolute atomic E-state index is 6.43. The number of rotatable bonds is 4. The fourth-order valence-corrected chi connectivity index (χ4v) is 6.78. The first-order valence-corrected chi connectivity index (χ1v) is 15.2. The Morgan fingerprint density at radius 2 is 1.16 bits per heavy atom. The molecule has 0 unspecified atom stereocenters. The number of aromatic nitrogens is 4. The highest BCUT2D eigenvalue weighted by molar-refractivity contribution is 7.21. The van der Waals surface area contributed by atoms with Gasteiger partial charge >= 0.3 is 0 Å². The molecule has 0 fully saturated rings. The molecule has 3 aromatic heterocycles. The van der Waals surface area contributed by atoms with E-state index in [0.29, 0.717) is 17.5 Å². The van der Waals surface area contributed by atoms with Crippen molar-refractivity contribution in [3.05, 3.63) is 133 Å². The van der Waals surface area contributed by atoms with E-state index in [-0.39, 0.29) is 0 Å². The van der Waals surface area contributed by atoms with Crippen LogP contribution in [0.25, 0.3) is 87.7 Å². The molecule has 9 rings (SSSR count). The molecule has 0 aliphatic rings. The molecule has 5 nitrogen and oxygen atoms in total. The van der Waals surface area contributed by atoms with Crippen molar-refractivity contribution >= 4 is 54.3 Å². The van der Waals surface area contributed by atoms with Gasteiger partial charge in [0, 0.05) is 39.1 Å². The van der Waals surface area contributed by atoms with Gasteiger partial charge < -0.3 is 4.42 Å². The van der Waals surface area contributed by atoms with E-state index in [4.69, 9.17) is 24.4 Å². The molecule has 3 heterocycles. The quantitative estimate of drug-likeness (QED) is 0.207. The molecule has 6 heteroatoms. The van der Waals surface area contributed by atoms with E-state index in [9.17, 15) is 0 Å². The van der Waals surface area contributed by atoms with Gasteiger partial charge in [0.2, 0.25) is 0 Å². The van der Waals surface area contributed by atoms with Crippen LogP contribution in [-0.2, 0) is 0 Å². The van der Waals surface area contributed by atoms with Gasteiger partial charge in [0.25, 0.3) is 0 Å². The molecular formula is C38H22N4OS. The van der Waals surface area contributed by atoms with Crippen molar-refractivity contribution in [3.8, 4) is 44.7 Å². The fraction of sp³-hybridized carbons (Fsp3) is 0. The number of hydrogen-bond donors (Lipinski definition) is 0. The molecule has 6 aromatic carbocycles. The first-order valence-electron chi connectivity index (χ1n) is 14.4. The topological polar surface area (TPSA) is 64.7 Å². The van der Waals surface area contributed by atoms with Gasteiger partial charge in [-0.05, 0) is 29.0 Å². The molecule has 0 bridgehead atoms. The Labute approximate surface area is 256 Å². The number of benzene rings is 6. The zero-order valence-corrected chi connectivity index (χ0v) is 24.1. The Balaban J connectivity index is 1.24. The molecule has 9 aromatic rings. The Morgan fingerprint density at radius 3 is 1.91 bits per heavy atom. The van der Waals surface area contributed by atoms with Crippen molar-refractivity contribution in [1.29, 1.82) is 0 Å². The summed E-state index contributed by atoms with van der Waals surface area (Å²) >= 11 is 1.68.